The van der Waals surface area contributed by atoms with Gasteiger partial charge in [-0.25, -0.2) is 4.79 Å². The van der Waals surface area contributed by atoms with Gasteiger partial charge in [-0.3, -0.25) is 4.79 Å². The molecule has 152 valence electrons. The Hall–Kier alpha value is -3.44. The minimum Gasteiger partial charge on any atom is -0.439 e. The van der Waals surface area contributed by atoms with Gasteiger partial charge in [0.1, 0.15) is 5.52 Å². The number of esters is 1. The molecule has 1 aromatic heterocycles. The summed E-state index contributed by atoms with van der Waals surface area (Å²) in [5, 5.41) is 7.35. The summed E-state index contributed by atoms with van der Waals surface area (Å²) in [7, 11) is 0. The van der Waals surface area contributed by atoms with E-state index in [1.165, 1.54) is 12.1 Å². The van der Waals surface area contributed by atoms with Crippen molar-refractivity contribution in [2.75, 3.05) is 0 Å². The van der Waals surface area contributed by atoms with Crippen LogP contribution in [0.5, 0.6) is 0 Å². The quantitative estimate of drug-likeness (QED) is 0.481. The van der Waals surface area contributed by atoms with Crippen LogP contribution in [0.4, 0.5) is 26.3 Å². The number of benzene rings is 2. The molecule has 12 heteroatoms. The van der Waals surface area contributed by atoms with Crippen LogP contribution in [0.2, 0.25) is 0 Å². The molecule has 0 radical (unpaired) electrons. The van der Waals surface area contributed by atoms with E-state index in [2.05, 4.69) is 15.0 Å². The monoisotopic (exact) mass is 417 g/mol. The van der Waals surface area contributed by atoms with E-state index in [-0.39, 0.29) is 29.1 Å². The van der Waals surface area contributed by atoms with Gasteiger partial charge in [-0.15, -0.1) is 5.10 Å². The van der Waals surface area contributed by atoms with E-state index in [1.807, 2.05) is 0 Å². The molecule has 0 amide bonds. The van der Waals surface area contributed by atoms with Crippen molar-refractivity contribution in [1.82, 2.24) is 15.0 Å². The van der Waals surface area contributed by atoms with Gasteiger partial charge in [0, 0.05) is 0 Å². The van der Waals surface area contributed by atoms with Crippen LogP contribution in [0, 0.1) is 0 Å². The van der Waals surface area contributed by atoms with Crippen LogP contribution in [0.25, 0.3) is 10.9 Å². The largest absolute Gasteiger partial charge is 0.439 e. The Morgan fingerprint density at radius 2 is 1.55 bits per heavy atom. The first-order chi connectivity index (χ1) is 13.5. The predicted octanol–water partition coefficient (Wildman–Crippen LogP) is 3.64. The number of rotatable bonds is 3. The number of alkyl halides is 6. The fraction of sp³-hybridized carbons (Fsp3) is 0.176. The average molecular weight is 417 g/mol. The maximum absolute atomic E-state index is 12.9. The van der Waals surface area contributed by atoms with Crippen molar-refractivity contribution in [3.8, 4) is 0 Å². The van der Waals surface area contributed by atoms with Gasteiger partial charge < -0.3 is 4.74 Å². The zero-order chi connectivity index (χ0) is 21.4. The Balaban J connectivity index is 1.89. The molecule has 29 heavy (non-hydrogen) atoms. The molecule has 1 heterocycles. The first-order valence-electron chi connectivity index (χ1n) is 7.76. The zero-order valence-corrected chi connectivity index (χ0v) is 14.1. The normalized spacial score (nSPS) is 12.2. The molecule has 0 bridgehead atoms. The van der Waals surface area contributed by atoms with Gasteiger partial charge >= 0.3 is 18.3 Å². The highest BCUT2D eigenvalue weighted by molar-refractivity contribution is 5.89. The summed E-state index contributed by atoms with van der Waals surface area (Å²) in [4.78, 5) is 24.3. The van der Waals surface area contributed by atoms with Gasteiger partial charge in [0.15, 0.2) is 6.73 Å². The van der Waals surface area contributed by atoms with Crippen LogP contribution in [0.3, 0.4) is 0 Å². The van der Waals surface area contributed by atoms with Gasteiger partial charge in [0.05, 0.1) is 22.1 Å². The number of nitrogens with zero attached hydrogens (tertiary/aromatic N) is 3. The van der Waals surface area contributed by atoms with Crippen molar-refractivity contribution in [2.45, 2.75) is 19.1 Å². The van der Waals surface area contributed by atoms with E-state index < -0.39 is 47.3 Å². The number of hydrogen-bond donors (Lipinski definition) is 0. The molecule has 0 fully saturated rings. The van der Waals surface area contributed by atoms with Gasteiger partial charge in [-0.1, -0.05) is 17.3 Å². The number of aromatic nitrogens is 3. The first-order valence-corrected chi connectivity index (χ1v) is 7.76. The van der Waals surface area contributed by atoms with Gasteiger partial charge in [-0.05, 0) is 30.3 Å². The third-order valence-corrected chi connectivity index (χ3v) is 3.77. The average Bonchev–Trinajstić information content (AvgIpc) is 2.65. The number of fused-ring (bicyclic) bond motifs is 1. The lowest BCUT2D eigenvalue weighted by Crippen LogP contribution is -2.26. The number of hydrogen-bond acceptors (Lipinski definition) is 5. The molecular weight excluding hydrogens is 408 g/mol. The minimum atomic E-state index is -5.11. The molecule has 0 aliphatic rings. The molecule has 6 nitrogen and oxygen atoms in total. The summed E-state index contributed by atoms with van der Waals surface area (Å²) in [5.41, 5.74) is -4.76. The second-order valence-electron chi connectivity index (χ2n) is 5.77. The molecule has 0 N–H and O–H groups in total. The fourth-order valence-corrected chi connectivity index (χ4v) is 2.38. The molecular formula is C17H9F6N3O3. The predicted molar refractivity (Wildman–Crippen MR) is 85.7 cm³/mol. The van der Waals surface area contributed by atoms with Crippen LogP contribution in [0.1, 0.15) is 21.5 Å². The third-order valence-electron chi connectivity index (χ3n) is 3.77. The Morgan fingerprint density at radius 3 is 2.14 bits per heavy atom. The molecule has 2 aromatic carbocycles. The number of carbonyl (C=O) groups excluding carboxylic acids is 1. The van der Waals surface area contributed by atoms with Crippen LogP contribution in [-0.2, 0) is 23.8 Å². The van der Waals surface area contributed by atoms with Crippen LogP contribution < -0.4 is 5.56 Å². The smallest absolute Gasteiger partial charge is 0.416 e. The van der Waals surface area contributed by atoms with E-state index in [0.717, 1.165) is 0 Å². The molecule has 3 aromatic rings. The summed E-state index contributed by atoms with van der Waals surface area (Å²) >= 11 is 0. The van der Waals surface area contributed by atoms with E-state index in [9.17, 15) is 35.9 Å². The van der Waals surface area contributed by atoms with E-state index in [4.69, 9.17) is 0 Å². The zero-order valence-electron chi connectivity index (χ0n) is 14.1. The van der Waals surface area contributed by atoms with Crippen molar-refractivity contribution in [2.24, 2.45) is 0 Å². The Kier molecular flexibility index (Phi) is 5.03. The Bertz CT molecular complexity index is 1110. The highest BCUT2D eigenvalue weighted by Crippen LogP contribution is 2.36. The summed E-state index contributed by atoms with van der Waals surface area (Å²) in [5.74, 6) is -1.50. The van der Waals surface area contributed by atoms with Crippen molar-refractivity contribution in [3.63, 3.8) is 0 Å². The molecule has 0 aliphatic heterocycles. The molecule has 0 saturated heterocycles. The van der Waals surface area contributed by atoms with Crippen molar-refractivity contribution in [1.29, 1.82) is 0 Å². The van der Waals surface area contributed by atoms with E-state index in [1.54, 1.807) is 12.1 Å². The fourth-order valence-electron chi connectivity index (χ4n) is 2.38. The highest BCUT2D eigenvalue weighted by Gasteiger charge is 2.37. The van der Waals surface area contributed by atoms with Crippen molar-refractivity contribution in [3.05, 3.63) is 69.5 Å². The molecule has 3 rings (SSSR count). The number of ether oxygens (including phenoxy) is 1. The standard InChI is InChI=1S/C17H9F6N3O3/c18-16(19,20)10-5-9(6-11(7-10)17(21,22)23)15(28)29-8-26-14(27)12-3-1-2-4-13(12)24-25-26/h1-7H,8H2. The van der Waals surface area contributed by atoms with Crippen molar-refractivity contribution >= 4 is 16.9 Å². The lowest BCUT2D eigenvalue weighted by molar-refractivity contribution is -0.143. The maximum atomic E-state index is 12.9. The minimum absolute atomic E-state index is 0.115. The number of carbonyl (C=O) groups is 1. The molecule has 0 atom stereocenters. The lowest BCUT2D eigenvalue weighted by atomic mass is 10.0. The van der Waals surface area contributed by atoms with E-state index in [0.29, 0.717) is 4.68 Å². The third kappa shape index (κ3) is 4.36. The SMILES string of the molecule is O=C(OCn1nnc2ccccc2c1=O)c1cc(C(F)(F)F)cc(C(F)(F)F)c1. The second-order valence-corrected chi connectivity index (χ2v) is 5.77. The Labute approximate surface area is 157 Å². The molecule has 0 saturated carbocycles. The van der Waals surface area contributed by atoms with Crippen molar-refractivity contribution < 1.29 is 35.9 Å². The summed E-state index contributed by atoms with van der Waals surface area (Å²) in [6.07, 6.45) is -10.2. The lowest BCUT2D eigenvalue weighted by Gasteiger charge is -2.14. The topological polar surface area (TPSA) is 74.1 Å². The first kappa shape index (κ1) is 20.3. The highest BCUT2D eigenvalue weighted by atomic mass is 19.4. The molecule has 0 spiro atoms. The second kappa shape index (κ2) is 7.18. The van der Waals surface area contributed by atoms with Crippen LogP contribution in [-0.4, -0.2) is 21.0 Å². The van der Waals surface area contributed by atoms with Crippen LogP contribution >= 0.6 is 0 Å². The Morgan fingerprint density at radius 1 is 0.966 bits per heavy atom. The molecule has 0 aliphatic carbocycles. The summed E-state index contributed by atoms with van der Waals surface area (Å²) in [6.45, 7) is -0.854. The van der Waals surface area contributed by atoms with E-state index >= 15 is 0 Å². The summed E-state index contributed by atoms with van der Waals surface area (Å²) < 4.78 is 82.5. The van der Waals surface area contributed by atoms with Gasteiger partial charge in [-0.2, -0.15) is 31.0 Å². The van der Waals surface area contributed by atoms with Crippen LogP contribution in [0.15, 0.2) is 47.3 Å². The summed E-state index contributed by atoms with van der Waals surface area (Å²) in [6, 6.07) is 6.42. The number of halogens is 6. The van der Waals surface area contributed by atoms with Gasteiger partial charge in [0.25, 0.3) is 5.56 Å². The van der Waals surface area contributed by atoms with Gasteiger partial charge in [0.2, 0.25) is 0 Å². The molecule has 0 unspecified atom stereocenters. The maximum Gasteiger partial charge on any atom is 0.416 e.